The number of nitrogens with one attached hydrogen (secondary N) is 1. The number of halogens is 1. The summed E-state index contributed by atoms with van der Waals surface area (Å²) in [6, 6.07) is 13.9. The Balaban J connectivity index is 1.74. The van der Waals surface area contributed by atoms with Crippen LogP contribution in [0.3, 0.4) is 0 Å². The van der Waals surface area contributed by atoms with Crippen molar-refractivity contribution < 1.29 is 0 Å². The maximum atomic E-state index is 3.76. The van der Waals surface area contributed by atoms with Gasteiger partial charge in [-0.15, -0.1) is 11.3 Å². The van der Waals surface area contributed by atoms with Gasteiger partial charge in [-0.05, 0) is 65.0 Å². The number of hydrogen-bond acceptors (Lipinski definition) is 2. The topological polar surface area (TPSA) is 12.0 Å². The van der Waals surface area contributed by atoms with Crippen LogP contribution in [-0.2, 0) is 12.8 Å². The molecule has 0 amide bonds. The van der Waals surface area contributed by atoms with Gasteiger partial charge in [-0.2, -0.15) is 0 Å². The van der Waals surface area contributed by atoms with Crippen LogP contribution in [0.5, 0.6) is 0 Å². The molecular formula is C17H20BrNS. The first-order chi connectivity index (χ1) is 9.78. The average Bonchev–Trinajstić information content (AvgIpc) is 2.82. The third kappa shape index (κ3) is 3.00. The molecule has 0 saturated carbocycles. The smallest absolute Gasteiger partial charge is 0.0701 e. The number of hydrogen-bond donors (Lipinski definition) is 1. The maximum absolute atomic E-state index is 3.76. The van der Waals surface area contributed by atoms with Crippen molar-refractivity contribution in [2.75, 3.05) is 6.54 Å². The van der Waals surface area contributed by atoms with Crippen LogP contribution in [0.25, 0.3) is 0 Å². The Morgan fingerprint density at radius 1 is 1.30 bits per heavy atom. The van der Waals surface area contributed by atoms with Gasteiger partial charge in [0, 0.05) is 16.8 Å². The zero-order chi connectivity index (χ0) is 13.9. The molecule has 1 heterocycles. The number of fused-ring (bicyclic) bond motifs is 1. The van der Waals surface area contributed by atoms with E-state index in [1.165, 1.54) is 27.1 Å². The third-order valence-corrected chi connectivity index (χ3v) is 5.73. The minimum absolute atomic E-state index is 0.565. The quantitative estimate of drug-likeness (QED) is 0.792. The molecule has 2 atom stereocenters. The molecular weight excluding hydrogens is 330 g/mol. The van der Waals surface area contributed by atoms with E-state index in [1.54, 1.807) is 5.56 Å². The molecule has 3 heteroatoms. The minimum Gasteiger partial charge on any atom is -0.313 e. The molecule has 106 valence electrons. The molecule has 1 nitrogen and oxygen atoms in total. The maximum Gasteiger partial charge on any atom is 0.0701 e. The second-order valence-electron chi connectivity index (χ2n) is 5.48. The molecule has 1 N–H and O–H groups in total. The summed E-state index contributed by atoms with van der Waals surface area (Å²) in [5.41, 5.74) is 3.09. The fourth-order valence-electron chi connectivity index (χ4n) is 3.02. The zero-order valence-electron chi connectivity index (χ0n) is 11.7. The Hall–Kier alpha value is -0.640. The van der Waals surface area contributed by atoms with Gasteiger partial charge in [0.05, 0.1) is 3.79 Å². The molecule has 3 rings (SSSR count). The standard InChI is InChI=1S/C17H20BrNS/c1-2-9-19-16(11-13-7-8-17(18)20-13)15-10-12-5-3-4-6-14(12)15/h3-8,15-16,19H,2,9-11H2,1H3. The van der Waals surface area contributed by atoms with Crippen molar-refractivity contribution in [3.63, 3.8) is 0 Å². The Kier molecular flexibility index (Phi) is 4.59. The Labute approximate surface area is 133 Å². The minimum atomic E-state index is 0.565. The molecule has 0 fully saturated rings. The summed E-state index contributed by atoms with van der Waals surface area (Å²) < 4.78 is 1.23. The largest absolute Gasteiger partial charge is 0.313 e. The van der Waals surface area contributed by atoms with Crippen molar-refractivity contribution in [2.45, 2.75) is 38.1 Å². The summed E-state index contributed by atoms with van der Waals surface area (Å²) in [5, 5.41) is 3.76. The highest BCUT2D eigenvalue weighted by molar-refractivity contribution is 9.11. The van der Waals surface area contributed by atoms with Crippen LogP contribution in [0.15, 0.2) is 40.2 Å². The van der Waals surface area contributed by atoms with E-state index < -0.39 is 0 Å². The Bertz CT molecular complexity index is 578. The first-order valence-electron chi connectivity index (χ1n) is 7.33. The van der Waals surface area contributed by atoms with Crippen LogP contribution in [0.1, 0.15) is 35.3 Å². The van der Waals surface area contributed by atoms with E-state index in [0.717, 1.165) is 13.0 Å². The molecule has 0 aliphatic heterocycles. The second kappa shape index (κ2) is 6.42. The summed E-state index contributed by atoms with van der Waals surface area (Å²) >= 11 is 5.43. The monoisotopic (exact) mass is 349 g/mol. The molecule has 2 unspecified atom stereocenters. The van der Waals surface area contributed by atoms with Gasteiger partial charge in [0.2, 0.25) is 0 Å². The lowest BCUT2D eigenvalue weighted by molar-refractivity contribution is 0.399. The van der Waals surface area contributed by atoms with E-state index >= 15 is 0 Å². The molecule has 20 heavy (non-hydrogen) atoms. The molecule has 1 aliphatic rings. The summed E-state index contributed by atoms with van der Waals surface area (Å²) in [4.78, 5) is 1.47. The highest BCUT2D eigenvalue weighted by Crippen LogP contribution is 2.39. The first kappa shape index (κ1) is 14.3. The molecule has 0 radical (unpaired) electrons. The average molecular weight is 350 g/mol. The SMILES string of the molecule is CCCNC(Cc1ccc(Br)s1)C1Cc2ccccc21. The normalized spacial score (nSPS) is 18.4. The molecule has 1 aromatic carbocycles. The molecule has 2 aromatic rings. The Morgan fingerprint density at radius 3 is 2.85 bits per heavy atom. The lowest BCUT2D eigenvalue weighted by Gasteiger charge is -2.37. The van der Waals surface area contributed by atoms with Crippen molar-refractivity contribution in [1.29, 1.82) is 0 Å². The van der Waals surface area contributed by atoms with Crippen molar-refractivity contribution in [3.8, 4) is 0 Å². The van der Waals surface area contributed by atoms with E-state index in [1.807, 2.05) is 11.3 Å². The molecule has 0 saturated heterocycles. The number of benzene rings is 1. The zero-order valence-corrected chi connectivity index (χ0v) is 14.1. The van der Waals surface area contributed by atoms with Crippen molar-refractivity contribution in [1.82, 2.24) is 5.32 Å². The van der Waals surface area contributed by atoms with Crippen LogP contribution in [-0.4, -0.2) is 12.6 Å². The molecule has 0 spiro atoms. The fraction of sp³-hybridized carbons (Fsp3) is 0.412. The first-order valence-corrected chi connectivity index (χ1v) is 8.94. The highest BCUT2D eigenvalue weighted by atomic mass is 79.9. The van der Waals surface area contributed by atoms with Gasteiger partial charge < -0.3 is 5.32 Å². The van der Waals surface area contributed by atoms with Crippen molar-refractivity contribution in [2.24, 2.45) is 0 Å². The van der Waals surface area contributed by atoms with E-state index in [4.69, 9.17) is 0 Å². The van der Waals surface area contributed by atoms with E-state index in [0.29, 0.717) is 12.0 Å². The van der Waals surface area contributed by atoms with Gasteiger partial charge in [0.25, 0.3) is 0 Å². The summed E-state index contributed by atoms with van der Waals surface area (Å²) in [5.74, 6) is 0.679. The predicted molar refractivity (Wildman–Crippen MR) is 90.7 cm³/mol. The van der Waals surface area contributed by atoms with Crippen molar-refractivity contribution >= 4 is 27.3 Å². The van der Waals surface area contributed by atoms with Gasteiger partial charge in [0.15, 0.2) is 0 Å². The molecule has 1 aliphatic carbocycles. The van der Waals surface area contributed by atoms with Crippen LogP contribution in [0.2, 0.25) is 0 Å². The molecule has 1 aromatic heterocycles. The second-order valence-corrected chi connectivity index (χ2v) is 8.03. The fourth-order valence-corrected chi connectivity index (χ4v) is 4.56. The number of rotatable bonds is 6. The van der Waals surface area contributed by atoms with Crippen LogP contribution in [0.4, 0.5) is 0 Å². The van der Waals surface area contributed by atoms with Gasteiger partial charge in [0.1, 0.15) is 0 Å². The third-order valence-electron chi connectivity index (χ3n) is 4.09. The van der Waals surface area contributed by atoms with Gasteiger partial charge >= 0.3 is 0 Å². The van der Waals surface area contributed by atoms with Crippen LogP contribution in [0, 0.1) is 0 Å². The number of thiophene rings is 1. The van der Waals surface area contributed by atoms with Gasteiger partial charge in [-0.25, -0.2) is 0 Å². The van der Waals surface area contributed by atoms with E-state index in [-0.39, 0.29) is 0 Å². The highest BCUT2D eigenvalue weighted by Gasteiger charge is 2.32. The van der Waals surface area contributed by atoms with E-state index in [9.17, 15) is 0 Å². The lowest BCUT2D eigenvalue weighted by Crippen LogP contribution is -2.41. The van der Waals surface area contributed by atoms with Gasteiger partial charge in [-0.3, -0.25) is 0 Å². The summed E-state index contributed by atoms with van der Waals surface area (Å²) in [6.07, 6.45) is 3.55. The van der Waals surface area contributed by atoms with Crippen LogP contribution >= 0.6 is 27.3 Å². The van der Waals surface area contributed by atoms with Crippen LogP contribution < -0.4 is 5.32 Å². The van der Waals surface area contributed by atoms with E-state index in [2.05, 4.69) is 64.6 Å². The van der Waals surface area contributed by atoms with Crippen molar-refractivity contribution in [3.05, 3.63) is 56.2 Å². The lowest BCUT2D eigenvalue weighted by atomic mass is 9.72. The Morgan fingerprint density at radius 2 is 2.15 bits per heavy atom. The molecule has 0 bridgehead atoms. The van der Waals surface area contributed by atoms with Gasteiger partial charge in [-0.1, -0.05) is 31.2 Å². The summed E-state index contributed by atoms with van der Waals surface area (Å²) in [6.45, 7) is 3.34. The predicted octanol–water partition coefficient (Wildman–Crippen LogP) is 4.76. The summed E-state index contributed by atoms with van der Waals surface area (Å²) in [7, 11) is 0.